The van der Waals surface area contributed by atoms with Gasteiger partial charge in [-0.1, -0.05) is 62.7 Å². The van der Waals surface area contributed by atoms with Crippen molar-refractivity contribution < 1.29 is 111 Å². The van der Waals surface area contributed by atoms with Crippen LogP contribution in [-0.4, -0.2) is 124 Å². The number of phenols is 1. The molecule has 23 heteroatoms. The van der Waals surface area contributed by atoms with Gasteiger partial charge in [-0.25, -0.2) is 33.6 Å². The number of hydrogen-bond acceptors (Lipinski definition) is 21. The molecule has 1 saturated heterocycles. The highest BCUT2D eigenvalue weighted by Gasteiger charge is 2.25. The highest BCUT2D eigenvalue weighted by Crippen LogP contribution is 2.19. The number of ether oxygens (including phenoxy) is 8. The number of methoxy groups -OCH3 is 3. The van der Waals surface area contributed by atoms with E-state index in [-0.39, 0.29) is 53.1 Å². The van der Waals surface area contributed by atoms with Crippen LogP contribution in [0.3, 0.4) is 0 Å². The molecular formula is C62H74O23. The number of carbonyl (C=O) groups is 11. The first-order valence-electron chi connectivity index (χ1n) is 25.0. The molecule has 0 spiro atoms. The predicted octanol–water partition coefficient (Wildman–Crippen LogP) is 8.61. The number of carboxylic acid groups (broad SMARTS) is 2. The van der Waals surface area contributed by atoms with Gasteiger partial charge in [0.2, 0.25) is 0 Å². The van der Waals surface area contributed by atoms with Crippen LogP contribution in [0, 0.1) is 0 Å². The predicted molar refractivity (Wildman–Crippen MR) is 310 cm³/mol. The number of aliphatic hydroxyl groups is 1. The highest BCUT2D eigenvalue weighted by atomic mass is 16.6. The number of rotatable bonds is 17. The second kappa shape index (κ2) is 38.6. The minimum absolute atomic E-state index is 0.00362. The van der Waals surface area contributed by atoms with Crippen molar-refractivity contribution >= 4 is 83.9 Å². The van der Waals surface area contributed by atoms with Gasteiger partial charge in [0.1, 0.15) is 28.5 Å². The fraction of sp³-hybridized carbons (Fsp3) is 0.306. The first-order valence-corrected chi connectivity index (χ1v) is 25.0. The molecule has 3 aromatic carbocycles. The molecule has 4 N–H and O–H groups in total. The quantitative estimate of drug-likeness (QED) is 0.0323. The van der Waals surface area contributed by atoms with Crippen molar-refractivity contribution in [1.29, 1.82) is 0 Å². The van der Waals surface area contributed by atoms with Crippen LogP contribution in [0.25, 0.3) is 18.2 Å². The van der Waals surface area contributed by atoms with Gasteiger partial charge < -0.3 is 58.3 Å². The lowest BCUT2D eigenvalue weighted by molar-refractivity contribution is -0.155. The van der Waals surface area contributed by atoms with Crippen molar-refractivity contribution in [3.8, 4) is 17.2 Å². The lowest BCUT2D eigenvalue weighted by atomic mass is 10.1. The molecule has 0 aromatic heterocycles. The standard InChI is InChI=1S/C19H22O6.C15H14O6.C10H10O3.C9H14O4.C5H4O3.C4H10O/c1-13(12-17(21)25-19(2,3)4)18(22)24-15-9-6-14(7-10-15)8-11-16(20)23-5;1-10(9-13(16)17)15(19)21-12-6-3-11(4-7-12)5-8-14(18)20-2;1-13-10(12)7-4-8-2-5-9(11)6-3-8;1-6(8(11)12)5-7(10)13-9(2,3)4;1-3-2-4(6)8-5(3)7;1-4(2,3)5/h6-11H,1,12H2,2-5H3;3-8H,1,9H2,2H3,(H,16,17);2-7,11H,1H3;1,5H2,2-4H3,(H,11,12);1-2H2;5H,1-3H3/b11-8+;8-5+;7-4+;;;. The molecule has 4 rings (SSSR count). The molecule has 1 fully saturated rings. The van der Waals surface area contributed by atoms with Crippen LogP contribution in [0.4, 0.5) is 0 Å². The number of esters is 9. The molecule has 0 bridgehead atoms. The summed E-state index contributed by atoms with van der Waals surface area (Å²) in [5.74, 6) is -6.61. The fourth-order valence-electron chi connectivity index (χ4n) is 4.90. The van der Waals surface area contributed by atoms with Gasteiger partial charge in [-0.2, -0.15) is 0 Å². The molecule has 0 amide bonds. The van der Waals surface area contributed by atoms with Crippen molar-refractivity contribution in [2.45, 2.75) is 105 Å². The number of hydrogen-bond donors (Lipinski definition) is 4. The van der Waals surface area contributed by atoms with Crippen molar-refractivity contribution in [2.24, 2.45) is 0 Å². The Morgan fingerprint density at radius 1 is 0.529 bits per heavy atom. The van der Waals surface area contributed by atoms with E-state index in [0.29, 0.717) is 11.3 Å². The van der Waals surface area contributed by atoms with E-state index < -0.39 is 88.9 Å². The SMILES string of the molecule is C=C(CC(=O)O)C(=O)Oc1ccc(/C=C/C(=O)OC)cc1.C=C(CC(=O)OC(C)(C)C)C(=O)O.C=C(CC(=O)OC(C)(C)C)C(=O)Oc1ccc(/C=C/C(=O)OC)cc1.C=C1CC(=O)OC1=O.CC(C)(C)O.COC(=O)/C=C/c1ccc(O)cc1. The number of carboxylic acids is 2. The smallest absolute Gasteiger partial charge is 0.341 e. The third kappa shape index (κ3) is 42.5. The maximum atomic E-state index is 11.9. The van der Waals surface area contributed by atoms with Gasteiger partial charge >= 0.3 is 65.7 Å². The van der Waals surface area contributed by atoms with Crippen LogP contribution in [0.5, 0.6) is 17.2 Å². The van der Waals surface area contributed by atoms with E-state index in [2.05, 4.69) is 45.3 Å². The Kier molecular flexibility index (Phi) is 35.0. The molecule has 1 aliphatic heterocycles. The third-order valence-electron chi connectivity index (χ3n) is 8.57. The second-order valence-electron chi connectivity index (χ2n) is 20.0. The average Bonchev–Trinajstić information content (AvgIpc) is 3.71. The minimum Gasteiger partial charge on any atom is -0.508 e. The second-order valence-corrected chi connectivity index (χ2v) is 20.0. The summed E-state index contributed by atoms with van der Waals surface area (Å²) < 4.78 is 37.6. The Labute approximate surface area is 493 Å². The van der Waals surface area contributed by atoms with Gasteiger partial charge in [0.25, 0.3) is 0 Å². The van der Waals surface area contributed by atoms with Gasteiger partial charge in [0.15, 0.2) is 0 Å². The summed E-state index contributed by atoms with van der Waals surface area (Å²) in [6, 6.07) is 19.3. The number of cyclic esters (lactones) is 2. The van der Waals surface area contributed by atoms with Crippen LogP contribution in [0.15, 0.2) is 140 Å². The average molecular weight is 1190 g/mol. The first-order chi connectivity index (χ1) is 39.2. The Balaban J connectivity index is 0. The number of benzene rings is 3. The van der Waals surface area contributed by atoms with Gasteiger partial charge in [-0.15, -0.1) is 0 Å². The Hall–Kier alpha value is -10.0. The highest BCUT2D eigenvalue weighted by molar-refractivity contribution is 6.05. The molecule has 1 aliphatic rings. The molecule has 0 radical (unpaired) electrons. The van der Waals surface area contributed by atoms with Gasteiger partial charge in [-0.05, 0) is 134 Å². The number of carbonyl (C=O) groups excluding carboxylic acids is 9. The zero-order valence-corrected chi connectivity index (χ0v) is 49.6. The lowest BCUT2D eigenvalue weighted by Gasteiger charge is -2.19. The summed E-state index contributed by atoms with van der Waals surface area (Å²) >= 11 is 0. The molecular weight excluding hydrogens is 1110 g/mol. The molecule has 460 valence electrons. The summed E-state index contributed by atoms with van der Waals surface area (Å²) in [5.41, 5.74) is 0.515. The molecule has 23 nitrogen and oxygen atoms in total. The van der Waals surface area contributed by atoms with Crippen molar-refractivity contribution in [3.63, 3.8) is 0 Å². The normalized spacial score (nSPS) is 11.5. The zero-order chi connectivity index (χ0) is 65.8. The summed E-state index contributed by atoms with van der Waals surface area (Å²) in [4.78, 5) is 120. The largest absolute Gasteiger partial charge is 0.508 e. The minimum atomic E-state index is -1.18. The van der Waals surface area contributed by atoms with Gasteiger partial charge in [-0.3, -0.25) is 19.2 Å². The molecule has 3 aromatic rings. The van der Waals surface area contributed by atoms with Crippen LogP contribution >= 0.6 is 0 Å². The molecule has 1 heterocycles. The summed E-state index contributed by atoms with van der Waals surface area (Å²) in [6.07, 6.45) is 7.66. The zero-order valence-electron chi connectivity index (χ0n) is 49.6. The maximum Gasteiger partial charge on any atom is 0.341 e. The number of aliphatic carboxylic acids is 2. The molecule has 0 unspecified atom stereocenters. The topological polar surface area (TPSA) is 343 Å². The molecule has 0 saturated carbocycles. The number of aromatic hydroxyl groups is 1. The van der Waals surface area contributed by atoms with E-state index in [1.165, 1.54) is 51.7 Å². The Bertz CT molecular complexity index is 2910. The summed E-state index contributed by atoms with van der Waals surface area (Å²) in [7, 11) is 3.89. The van der Waals surface area contributed by atoms with E-state index in [1.54, 1.807) is 141 Å². The third-order valence-corrected chi connectivity index (χ3v) is 8.57. The van der Waals surface area contributed by atoms with Crippen LogP contribution in [-0.2, 0) is 81.2 Å². The summed E-state index contributed by atoms with van der Waals surface area (Å²) in [5, 5.41) is 34.5. The van der Waals surface area contributed by atoms with E-state index in [0.717, 1.165) is 11.1 Å². The Morgan fingerprint density at radius 2 is 0.835 bits per heavy atom. The lowest BCUT2D eigenvalue weighted by Crippen LogP contribution is -2.25. The monoisotopic (exact) mass is 1190 g/mol. The molecule has 0 atom stereocenters. The first kappa shape index (κ1) is 77.0. The van der Waals surface area contributed by atoms with Crippen molar-refractivity contribution in [1.82, 2.24) is 0 Å². The van der Waals surface area contributed by atoms with E-state index in [4.69, 9.17) is 39.4 Å². The van der Waals surface area contributed by atoms with E-state index in [1.807, 2.05) is 0 Å². The Morgan fingerprint density at radius 3 is 1.08 bits per heavy atom. The van der Waals surface area contributed by atoms with Crippen LogP contribution in [0.1, 0.15) is 105 Å². The summed E-state index contributed by atoms with van der Waals surface area (Å²) in [6.45, 7) is 29.0. The maximum absolute atomic E-state index is 11.9. The molecule has 85 heavy (non-hydrogen) atoms. The fourth-order valence-corrected chi connectivity index (χ4v) is 4.90. The van der Waals surface area contributed by atoms with Crippen molar-refractivity contribution in [3.05, 3.63) is 156 Å². The van der Waals surface area contributed by atoms with Crippen molar-refractivity contribution in [2.75, 3.05) is 21.3 Å². The van der Waals surface area contributed by atoms with Crippen LogP contribution in [0.2, 0.25) is 0 Å². The number of phenolic OH excluding ortho intramolecular Hbond substituents is 1. The van der Waals surface area contributed by atoms with Crippen LogP contribution < -0.4 is 9.47 Å². The van der Waals surface area contributed by atoms with E-state index in [9.17, 15) is 52.7 Å². The van der Waals surface area contributed by atoms with E-state index >= 15 is 0 Å². The van der Waals surface area contributed by atoms with Gasteiger partial charge in [0, 0.05) is 40.5 Å². The van der Waals surface area contributed by atoms with Gasteiger partial charge in [0.05, 0.1) is 52.6 Å². The molecule has 0 aliphatic carbocycles.